The highest BCUT2D eigenvalue weighted by molar-refractivity contribution is 6.31. The van der Waals surface area contributed by atoms with Gasteiger partial charge in [0.2, 0.25) is 5.95 Å². The monoisotopic (exact) mass is 604 g/mol. The Kier molecular flexibility index (Phi) is 6.26. The summed E-state index contributed by atoms with van der Waals surface area (Å²) in [6.45, 7) is 0. The molecule has 0 saturated heterocycles. The van der Waals surface area contributed by atoms with Crippen LogP contribution < -0.4 is 10.6 Å². The summed E-state index contributed by atoms with van der Waals surface area (Å²) in [4.78, 5) is 26.6. The van der Waals surface area contributed by atoms with E-state index in [1.165, 1.54) is 23.9 Å². The molecule has 15 heteroatoms. The summed E-state index contributed by atoms with van der Waals surface area (Å²) < 4.78 is 84.5. The molecule has 0 bridgehead atoms. The minimum absolute atomic E-state index is 0.00450. The largest absolute Gasteiger partial charge is 0.416 e. The molecule has 1 aliphatic heterocycles. The van der Waals surface area contributed by atoms with Crippen LogP contribution in [0.3, 0.4) is 0 Å². The molecule has 5 aromatic rings. The molecule has 0 spiro atoms. The Balaban J connectivity index is 1.63. The van der Waals surface area contributed by atoms with E-state index in [0.717, 1.165) is 18.3 Å². The lowest BCUT2D eigenvalue weighted by molar-refractivity contribution is -0.137. The number of aromatic amines is 1. The lowest BCUT2D eigenvalue weighted by Gasteiger charge is -2.28. The molecule has 42 heavy (non-hydrogen) atoms. The van der Waals surface area contributed by atoms with Crippen LogP contribution in [0.1, 0.15) is 43.6 Å². The van der Waals surface area contributed by atoms with Crippen LogP contribution in [0.2, 0.25) is 5.02 Å². The number of hydrogen-bond acceptors (Lipinski definition) is 4. The Morgan fingerprint density at radius 3 is 2.50 bits per heavy atom. The number of benzene rings is 3. The molecule has 3 N–H and O–H groups in total. The molecule has 0 fully saturated rings. The van der Waals surface area contributed by atoms with E-state index in [1.54, 1.807) is 0 Å². The van der Waals surface area contributed by atoms with Crippen molar-refractivity contribution < 1.29 is 35.9 Å². The number of H-pyrrole nitrogens is 1. The van der Waals surface area contributed by atoms with Gasteiger partial charge in [-0.05, 0) is 42.5 Å². The molecule has 214 valence electrons. The number of halogens is 7. The van der Waals surface area contributed by atoms with E-state index < -0.39 is 52.7 Å². The maximum atomic E-state index is 14.7. The third-order valence-electron chi connectivity index (χ3n) is 6.82. The highest BCUT2D eigenvalue weighted by Gasteiger charge is 2.37. The minimum atomic E-state index is -4.94. The van der Waals surface area contributed by atoms with Gasteiger partial charge in [-0.2, -0.15) is 27.8 Å². The quantitative estimate of drug-likeness (QED) is 0.214. The van der Waals surface area contributed by atoms with Crippen LogP contribution >= 0.6 is 11.6 Å². The maximum absolute atomic E-state index is 14.7. The first kappa shape index (κ1) is 27.3. The normalized spacial score (nSPS) is 14.8. The lowest BCUT2D eigenvalue weighted by Crippen LogP contribution is -2.35. The number of nitrogens with zero attached hydrogens (tertiary/aromatic N) is 3. The van der Waals surface area contributed by atoms with Crippen molar-refractivity contribution in [3.05, 3.63) is 99.2 Å². The van der Waals surface area contributed by atoms with E-state index >= 15 is 0 Å². The van der Waals surface area contributed by atoms with Crippen LogP contribution in [0.5, 0.6) is 0 Å². The van der Waals surface area contributed by atoms with E-state index in [9.17, 15) is 35.9 Å². The van der Waals surface area contributed by atoms with Crippen LogP contribution in [0.25, 0.3) is 22.0 Å². The van der Waals surface area contributed by atoms with Crippen molar-refractivity contribution in [3.8, 4) is 11.1 Å². The molecule has 2 amide bonds. The average molecular weight is 605 g/mol. The predicted octanol–water partition coefficient (Wildman–Crippen LogP) is 6.14. The highest BCUT2D eigenvalue weighted by atomic mass is 35.5. The van der Waals surface area contributed by atoms with Crippen molar-refractivity contribution in [3.63, 3.8) is 0 Å². The van der Waals surface area contributed by atoms with Gasteiger partial charge < -0.3 is 10.6 Å². The first-order valence-electron chi connectivity index (χ1n) is 12.0. The van der Waals surface area contributed by atoms with Crippen LogP contribution in [0.15, 0.2) is 48.7 Å². The lowest BCUT2D eigenvalue weighted by atomic mass is 9.87. The Morgan fingerprint density at radius 1 is 1.05 bits per heavy atom. The molecular weight excluding hydrogens is 590 g/mol. The van der Waals surface area contributed by atoms with E-state index in [0.29, 0.717) is 12.1 Å². The van der Waals surface area contributed by atoms with E-state index in [4.69, 9.17) is 11.6 Å². The number of hydrogen-bond donors (Lipinski definition) is 3. The second-order valence-corrected chi connectivity index (χ2v) is 9.84. The molecule has 0 radical (unpaired) electrons. The number of aryl methyl sites for hydroxylation is 1. The van der Waals surface area contributed by atoms with E-state index in [-0.39, 0.29) is 55.6 Å². The zero-order valence-electron chi connectivity index (χ0n) is 21.0. The third-order valence-corrected chi connectivity index (χ3v) is 7.16. The summed E-state index contributed by atoms with van der Waals surface area (Å²) in [5, 5.41) is 15.5. The molecule has 1 atom stereocenters. The van der Waals surface area contributed by atoms with Crippen LogP contribution in [0.4, 0.5) is 32.0 Å². The second kappa shape index (κ2) is 9.62. The van der Waals surface area contributed by atoms with Crippen molar-refractivity contribution in [2.24, 2.45) is 7.05 Å². The number of amides is 2. The van der Waals surface area contributed by atoms with Gasteiger partial charge in [0, 0.05) is 45.4 Å². The van der Waals surface area contributed by atoms with E-state index in [2.05, 4.69) is 25.9 Å². The van der Waals surface area contributed by atoms with Crippen molar-refractivity contribution in [2.45, 2.75) is 12.2 Å². The van der Waals surface area contributed by atoms with Crippen molar-refractivity contribution in [1.82, 2.24) is 25.3 Å². The van der Waals surface area contributed by atoms with Gasteiger partial charge in [-0.3, -0.25) is 19.4 Å². The Bertz CT molecular complexity index is 1950. The van der Waals surface area contributed by atoms with E-state index in [1.807, 2.05) is 0 Å². The van der Waals surface area contributed by atoms with Gasteiger partial charge in [0.25, 0.3) is 11.8 Å². The Morgan fingerprint density at radius 2 is 1.81 bits per heavy atom. The fourth-order valence-electron chi connectivity index (χ4n) is 5.04. The average Bonchev–Trinajstić information content (AvgIpc) is 3.50. The SMILES string of the molecule is Cn1nc2c(-c3cn[nH]c3F)cc(NC(=O)c3cc(F)cc(C(F)(F)F)c3)c3c2c1C(=O)NC3c1cc(F)ccc1Cl. The zero-order chi connectivity index (χ0) is 30.1. The third kappa shape index (κ3) is 4.43. The van der Waals surface area contributed by atoms with Crippen LogP contribution in [-0.2, 0) is 13.2 Å². The van der Waals surface area contributed by atoms with Gasteiger partial charge in [-0.15, -0.1) is 0 Å². The number of anilines is 1. The number of aromatic nitrogens is 4. The molecule has 3 heterocycles. The first-order chi connectivity index (χ1) is 19.8. The standard InChI is InChI=1S/C27H15ClF6N6O2/c1-40-23-20-19(21(37-26(23)42)15-7-12(29)2-3-17(15)28)18(8-14(22(20)39-40)16-9-35-38-24(16)31)36-25(41)10-4-11(27(32,33)34)6-13(30)5-10/h2-9,21H,1H3,(H,35,38)(H,36,41)(H,37,42). The summed E-state index contributed by atoms with van der Waals surface area (Å²) in [6, 6.07) is 4.83. The fraction of sp³-hybridized carbons (Fsp3) is 0.111. The molecule has 1 aliphatic rings. The minimum Gasteiger partial charge on any atom is -0.340 e. The smallest absolute Gasteiger partial charge is 0.340 e. The van der Waals surface area contributed by atoms with Gasteiger partial charge in [0.05, 0.1) is 23.4 Å². The molecule has 8 nitrogen and oxygen atoms in total. The summed E-state index contributed by atoms with van der Waals surface area (Å²) in [5.74, 6) is -4.68. The summed E-state index contributed by atoms with van der Waals surface area (Å²) in [6.07, 6.45) is -3.80. The summed E-state index contributed by atoms with van der Waals surface area (Å²) in [5.41, 5.74) is -1.90. The van der Waals surface area contributed by atoms with Gasteiger partial charge in [-0.25, -0.2) is 8.78 Å². The van der Waals surface area contributed by atoms with Crippen molar-refractivity contribution in [2.75, 3.05) is 5.32 Å². The predicted molar refractivity (Wildman–Crippen MR) is 138 cm³/mol. The molecule has 3 aromatic carbocycles. The number of alkyl halides is 3. The van der Waals surface area contributed by atoms with Crippen LogP contribution in [0, 0.1) is 17.6 Å². The van der Waals surface area contributed by atoms with Crippen molar-refractivity contribution >= 4 is 40.0 Å². The van der Waals surface area contributed by atoms with Gasteiger partial charge >= 0.3 is 6.18 Å². The molecule has 0 aliphatic carbocycles. The Labute approximate surface area is 236 Å². The Hall–Kier alpha value is -4.85. The number of rotatable bonds is 4. The molecular formula is C27H15ClF6N6O2. The molecule has 2 aromatic heterocycles. The number of nitrogens with one attached hydrogen (secondary N) is 3. The maximum Gasteiger partial charge on any atom is 0.416 e. The van der Waals surface area contributed by atoms with Crippen molar-refractivity contribution in [1.29, 1.82) is 0 Å². The van der Waals surface area contributed by atoms with Gasteiger partial charge in [0.15, 0.2) is 0 Å². The molecule has 6 rings (SSSR count). The molecule has 0 saturated carbocycles. The molecule has 1 unspecified atom stereocenters. The number of carbonyl (C=O) groups excluding carboxylic acids is 2. The summed E-state index contributed by atoms with van der Waals surface area (Å²) >= 11 is 6.37. The topological polar surface area (TPSA) is 105 Å². The van der Waals surface area contributed by atoms with Gasteiger partial charge in [-0.1, -0.05) is 11.6 Å². The zero-order valence-corrected chi connectivity index (χ0v) is 21.8. The second-order valence-electron chi connectivity index (χ2n) is 9.43. The first-order valence-corrected chi connectivity index (χ1v) is 12.4. The fourth-order valence-corrected chi connectivity index (χ4v) is 5.27. The van der Waals surface area contributed by atoms with Crippen LogP contribution in [-0.4, -0.2) is 31.8 Å². The van der Waals surface area contributed by atoms with Gasteiger partial charge in [0.1, 0.15) is 22.8 Å². The highest BCUT2D eigenvalue weighted by Crippen LogP contribution is 2.45. The summed E-state index contributed by atoms with van der Waals surface area (Å²) in [7, 11) is 1.45. The number of carbonyl (C=O) groups is 2.